The normalized spacial score (nSPS) is 21.7. The van der Waals surface area contributed by atoms with Gasteiger partial charge in [0.05, 0.1) is 12.6 Å². The molecule has 1 aliphatic heterocycles. The van der Waals surface area contributed by atoms with Crippen LogP contribution in [0, 0.1) is 0 Å². The highest BCUT2D eigenvalue weighted by Crippen LogP contribution is 2.14. The Kier molecular flexibility index (Phi) is 4.11. The summed E-state index contributed by atoms with van der Waals surface area (Å²) >= 11 is 0. The van der Waals surface area contributed by atoms with Gasteiger partial charge in [0, 0.05) is 25.6 Å². The van der Waals surface area contributed by atoms with Crippen LogP contribution in [-0.2, 0) is 9.53 Å². The Balaban J connectivity index is 2.32. The monoisotopic (exact) mass is 214 g/mol. The van der Waals surface area contributed by atoms with Gasteiger partial charge in [-0.3, -0.25) is 4.79 Å². The van der Waals surface area contributed by atoms with E-state index in [1.54, 1.807) is 4.90 Å². The van der Waals surface area contributed by atoms with E-state index in [0.29, 0.717) is 13.0 Å². The first-order valence-electron chi connectivity index (χ1n) is 5.52. The first-order chi connectivity index (χ1) is 6.90. The van der Waals surface area contributed by atoms with Crippen molar-refractivity contribution in [2.75, 3.05) is 20.3 Å². The Morgan fingerprint density at radius 2 is 2.27 bits per heavy atom. The van der Waals surface area contributed by atoms with Gasteiger partial charge in [0.2, 0.25) is 5.91 Å². The molecule has 1 unspecified atom stereocenters. The zero-order valence-corrected chi connectivity index (χ0v) is 9.95. The number of carbonyl (C=O) groups is 1. The SMILES string of the molecule is CN(C(=O)CCC(C)(C)N)C1CCOC1. The van der Waals surface area contributed by atoms with E-state index in [0.717, 1.165) is 19.4 Å². The number of ether oxygens (including phenoxy) is 1. The molecule has 1 amide bonds. The molecule has 4 nitrogen and oxygen atoms in total. The van der Waals surface area contributed by atoms with Crippen LogP contribution < -0.4 is 5.73 Å². The van der Waals surface area contributed by atoms with E-state index in [1.165, 1.54) is 0 Å². The summed E-state index contributed by atoms with van der Waals surface area (Å²) in [5.41, 5.74) is 5.58. The van der Waals surface area contributed by atoms with Gasteiger partial charge in [-0.15, -0.1) is 0 Å². The van der Waals surface area contributed by atoms with Gasteiger partial charge in [0.25, 0.3) is 0 Å². The van der Waals surface area contributed by atoms with Crippen molar-refractivity contribution in [3.8, 4) is 0 Å². The van der Waals surface area contributed by atoms with Gasteiger partial charge in [-0.25, -0.2) is 0 Å². The molecule has 1 rings (SSSR count). The van der Waals surface area contributed by atoms with Crippen molar-refractivity contribution < 1.29 is 9.53 Å². The summed E-state index contributed by atoms with van der Waals surface area (Å²) < 4.78 is 5.26. The van der Waals surface area contributed by atoms with Crippen LogP contribution in [0.1, 0.15) is 33.1 Å². The lowest BCUT2D eigenvalue weighted by Crippen LogP contribution is -2.39. The Morgan fingerprint density at radius 3 is 2.73 bits per heavy atom. The molecule has 15 heavy (non-hydrogen) atoms. The molecule has 1 heterocycles. The minimum absolute atomic E-state index is 0.170. The van der Waals surface area contributed by atoms with E-state index in [-0.39, 0.29) is 17.5 Å². The molecule has 0 aromatic carbocycles. The van der Waals surface area contributed by atoms with Gasteiger partial charge < -0.3 is 15.4 Å². The van der Waals surface area contributed by atoms with Crippen molar-refractivity contribution in [3.05, 3.63) is 0 Å². The standard InChI is InChI=1S/C11H22N2O2/c1-11(2,12)6-4-10(14)13(3)9-5-7-15-8-9/h9H,4-8,12H2,1-3H3. The van der Waals surface area contributed by atoms with E-state index in [4.69, 9.17) is 10.5 Å². The fraction of sp³-hybridized carbons (Fsp3) is 0.909. The number of rotatable bonds is 4. The van der Waals surface area contributed by atoms with Gasteiger partial charge in [-0.1, -0.05) is 0 Å². The fourth-order valence-electron chi connectivity index (χ4n) is 1.64. The van der Waals surface area contributed by atoms with Crippen molar-refractivity contribution in [1.82, 2.24) is 4.90 Å². The first-order valence-corrected chi connectivity index (χ1v) is 5.52. The lowest BCUT2D eigenvalue weighted by atomic mass is 9.99. The smallest absolute Gasteiger partial charge is 0.222 e. The molecule has 2 N–H and O–H groups in total. The molecule has 0 aromatic rings. The molecule has 1 fully saturated rings. The van der Waals surface area contributed by atoms with Crippen LogP contribution in [0.2, 0.25) is 0 Å². The van der Waals surface area contributed by atoms with Crippen LogP contribution in [0.4, 0.5) is 0 Å². The summed E-state index contributed by atoms with van der Waals surface area (Å²) in [5, 5.41) is 0. The minimum Gasteiger partial charge on any atom is -0.379 e. The number of hydrogen-bond donors (Lipinski definition) is 1. The molecule has 1 aliphatic rings. The highest BCUT2D eigenvalue weighted by molar-refractivity contribution is 5.76. The molecule has 0 radical (unpaired) electrons. The predicted octanol–water partition coefficient (Wildman–Crippen LogP) is 0.751. The van der Waals surface area contributed by atoms with E-state index in [2.05, 4.69) is 0 Å². The second-order valence-electron chi connectivity index (χ2n) is 5.01. The van der Waals surface area contributed by atoms with Crippen LogP contribution in [-0.4, -0.2) is 42.6 Å². The largest absolute Gasteiger partial charge is 0.379 e. The van der Waals surface area contributed by atoms with Crippen LogP contribution in [0.15, 0.2) is 0 Å². The maximum Gasteiger partial charge on any atom is 0.222 e. The van der Waals surface area contributed by atoms with E-state index in [9.17, 15) is 4.79 Å². The average molecular weight is 214 g/mol. The predicted molar refractivity (Wildman–Crippen MR) is 59.5 cm³/mol. The highest BCUT2D eigenvalue weighted by Gasteiger charge is 2.24. The summed E-state index contributed by atoms with van der Waals surface area (Å²) in [5.74, 6) is 0.170. The van der Waals surface area contributed by atoms with Gasteiger partial charge in [0.1, 0.15) is 0 Å². The molecule has 0 aromatic heterocycles. The number of amides is 1. The third kappa shape index (κ3) is 4.18. The molecule has 0 spiro atoms. The fourth-order valence-corrected chi connectivity index (χ4v) is 1.64. The van der Waals surface area contributed by atoms with Crippen molar-refractivity contribution in [2.45, 2.75) is 44.7 Å². The summed E-state index contributed by atoms with van der Waals surface area (Å²) in [7, 11) is 1.85. The molecule has 1 saturated heterocycles. The maximum absolute atomic E-state index is 11.8. The Hall–Kier alpha value is -0.610. The molecule has 0 bridgehead atoms. The Labute approximate surface area is 91.8 Å². The topological polar surface area (TPSA) is 55.6 Å². The second-order valence-corrected chi connectivity index (χ2v) is 5.01. The van der Waals surface area contributed by atoms with Crippen LogP contribution in [0.25, 0.3) is 0 Å². The van der Waals surface area contributed by atoms with Crippen molar-refractivity contribution in [3.63, 3.8) is 0 Å². The van der Waals surface area contributed by atoms with Crippen LogP contribution in [0.5, 0.6) is 0 Å². The molecular weight excluding hydrogens is 192 g/mol. The van der Waals surface area contributed by atoms with Gasteiger partial charge in [-0.2, -0.15) is 0 Å². The third-order valence-corrected chi connectivity index (χ3v) is 2.83. The second kappa shape index (κ2) is 4.94. The third-order valence-electron chi connectivity index (χ3n) is 2.83. The lowest BCUT2D eigenvalue weighted by molar-refractivity contribution is -0.132. The summed E-state index contributed by atoms with van der Waals surface area (Å²) in [6.07, 6.45) is 2.20. The quantitative estimate of drug-likeness (QED) is 0.751. The van der Waals surface area contributed by atoms with Gasteiger partial charge in [-0.05, 0) is 26.7 Å². The maximum atomic E-state index is 11.8. The number of carbonyl (C=O) groups excluding carboxylic acids is 1. The number of nitrogens with two attached hydrogens (primary N) is 1. The van der Waals surface area contributed by atoms with Crippen molar-refractivity contribution in [1.29, 1.82) is 0 Å². The number of nitrogens with zero attached hydrogens (tertiary/aromatic N) is 1. The average Bonchev–Trinajstić information content (AvgIpc) is 2.64. The van der Waals surface area contributed by atoms with E-state index in [1.807, 2.05) is 20.9 Å². The zero-order valence-electron chi connectivity index (χ0n) is 9.95. The minimum atomic E-state index is -0.261. The Bertz CT molecular complexity index is 217. The van der Waals surface area contributed by atoms with Crippen molar-refractivity contribution in [2.24, 2.45) is 5.73 Å². The summed E-state index contributed by atoms with van der Waals surface area (Å²) in [6, 6.07) is 0.262. The molecule has 0 saturated carbocycles. The first kappa shape index (κ1) is 12.5. The lowest BCUT2D eigenvalue weighted by Gasteiger charge is -2.25. The van der Waals surface area contributed by atoms with Gasteiger partial charge in [0.15, 0.2) is 0 Å². The highest BCUT2D eigenvalue weighted by atomic mass is 16.5. The van der Waals surface area contributed by atoms with Crippen molar-refractivity contribution >= 4 is 5.91 Å². The van der Waals surface area contributed by atoms with E-state index >= 15 is 0 Å². The number of hydrogen-bond acceptors (Lipinski definition) is 3. The van der Waals surface area contributed by atoms with Crippen LogP contribution >= 0.6 is 0 Å². The molecular formula is C11H22N2O2. The summed E-state index contributed by atoms with van der Waals surface area (Å²) in [6.45, 7) is 5.33. The summed E-state index contributed by atoms with van der Waals surface area (Å²) in [4.78, 5) is 13.6. The van der Waals surface area contributed by atoms with E-state index < -0.39 is 0 Å². The number of likely N-dealkylation sites (N-methyl/N-ethyl adjacent to an activating group) is 1. The Morgan fingerprint density at radius 1 is 1.60 bits per heavy atom. The molecule has 0 aliphatic carbocycles. The molecule has 1 atom stereocenters. The molecule has 4 heteroatoms. The van der Waals surface area contributed by atoms with Gasteiger partial charge >= 0.3 is 0 Å². The molecule has 88 valence electrons. The van der Waals surface area contributed by atoms with Crippen LogP contribution in [0.3, 0.4) is 0 Å². The zero-order chi connectivity index (χ0) is 11.5.